The van der Waals surface area contributed by atoms with E-state index in [0.717, 1.165) is 24.8 Å². The molecule has 1 unspecified atom stereocenters. The fourth-order valence-electron chi connectivity index (χ4n) is 5.01. The topological polar surface area (TPSA) is 97.2 Å². The summed E-state index contributed by atoms with van der Waals surface area (Å²) < 4.78 is 29.9. The van der Waals surface area contributed by atoms with E-state index in [1.54, 1.807) is 18.2 Å². The van der Waals surface area contributed by atoms with E-state index in [0.29, 0.717) is 31.4 Å². The number of aromatic nitrogens is 3. The van der Waals surface area contributed by atoms with Gasteiger partial charge in [-0.2, -0.15) is 4.31 Å². The number of nitrogens with one attached hydrogen (secondary N) is 1. The van der Waals surface area contributed by atoms with Crippen molar-refractivity contribution in [1.82, 2.24) is 24.6 Å². The second-order valence-corrected chi connectivity index (χ2v) is 11.6. The Morgan fingerprint density at radius 3 is 2.42 bits per heavy atom. The number of nitrogens with zero attached hydrogens (tertiary/aromatic N) is 4. The highest BCUT2D eigenvalue weighted by molar-refractivity contribution is 7.89. The van der Waals surface area contributed by atoms with E-state index in [1.807, 2.05) is 4.68 Å². The first kappa shape index (κ1) is 24.1. The van der Waals surface area contributed by atoms with E-state index in [9.17, 15) is 13.2 Å². The Morgan fingerprint density at radius 1 is 1.09 bits per heavy atom. The van der Waals surface area contributed by atoms with Gasteiger partial charge >= 0.3 is 0 Å². The molecule has 1 aliphatic carbocycles. The van der Waals surface area contributed by atoms with E-state index >= 15 is 0 Å². The highest BCUT2D eigenvalue weighted by Gasteiger charge is 2.33. The molecule has 1 amide bonds. The molecule has 4 rings (SSSR count). The van der Waals surface area contributed by atoms with Gasteiger partial charge in [-0.3, -0.25) is 4.79 Å². The molecule has 1 aromatic carbocycles. The zero-order valence-corrected chi connectivity index (χ0v) is 20.7. The minimum atomic E-state index is -3.63. The number of carbonyl (C=O) groups is 1. The zero-order valence-electron chi connectivity index (χ0n) is 19.9. The number of sulfonamides is 1. The molecule has 182 valence electrons. The summed E-state index contributed by atoms with van der Waals surface area (Å²) in [6.45, 7) is 4.88. The van der Waals surface area contributed by atoms with Crippen LogP contribution in [0.3, 0.4) is 0 Å². The summed E-state index contributed by atoms with van der Waals surface area (Å²) in [6, 6.07) is 5.53. The van der Waals surface area contributed by atoms with Crippen LogP contribution in [0, 0.1) is 5.92 Å². The maximum atomic E-state index is 13.3. The fraction of sp³-hybridized carbons (Fsp3) is 0.708. The average Bonchev–Trinajstić information content (AvgIpc) is 3.23. The second-order valence-electron chi connectivity index (χ2n) is 9.67. The molecule has 1 atom stereocenters. The second kappa shape index (κ2) is 10.5. The number of rotatable bonds is 6. The van der Waals surface area contributed by atoms with Crippen LogP contribution in [0.25, 0.3) is 11.0 Å². The SMILES string of the molecule is CCC(C)n1nnc2cc(S(=O)(=O)N3CCC(C(=O)NC4CCCCCCC4)CC3)ccc21. The molecule has 1 N–H and O–H groups in total. The minimum Gasteiger partial charge on any atom is -0.353 e. The molecule has 2 aliphatic rings. The van der Waals surface area contributed by atoms with Gasteiger partial charge < -0.3 is 5.32 Å². The molecule has 1 saturated heterocycles. The smallest absolute Gasteiger partial charge is 0.243 e. The van der Waals surface area contributed by atoms with Gasteiger partial charge in [0.05, 0.1) is 16.5 Å². The number of amides is 1. The third kappa shape index (κ3) is 5.40. The van der Waals surface area contributed by atoms with Crippen molar-refractivity contribution in [1.29, 1.82) is 0 Å². The number of carbonyl (C=O) groups excluding carboxylic acids is 1. The van der Waals surface area contributed by atoms with Gasteiger partial charge in [0.2, 0.25) is 15.9 Å². The normalized spacial score (nSPS) is 20.9. The van der Waals surface area contributed by atoms with Crippen LogP contribution in [0.15, 0.2) is 23.1 Å². The summed E-state index contributed by atoms with van der Waals surface area (Å²) >= 11 is 0. The summed E-state index contributed by atoms with van der Waals surface area (Å²) in [5.41, 5.74) is 1.43. The molecular weight excluding hydrogens is 438 g/mol. The van der Waals surface area contributed by atoms with Crippen LogP contribution >= 0.6 is 0 Å². The van der Waals surface area contributed by atoms with Crippen molar-refractivity contribution in [2.45, 2.75) is 95.0 Å². The van der Waals surface area contributed by atoms with Crippen LogP contribution in [0.2, 0.25) is 0 Å². The maximum absolute atomic E-state index is 13.3. The van der Waals surface area contributed by atoms with Gasteiger partial charge in [0.25, 0.3) is 0 Å². The van der Waals surface area contributed by atoms with Gasteiger partial charge in [-0.1, -0.05) is 44.2 Å². The van der Waals surface area contributed by atoms with E-state index in [2.05, 4.69) is 29.5 Å². The molecule has 1 aromatic heterocycles. The first-order valence-corrected chi connectivity index (χ1v) is 14.0. The van der Waals surface area contributed by atoms with Crippen molar-refractivity contribution in [3.8, 4) is 0 Å². The Kier molecular flexibility index (Phi) is 7.69. The third-order valence-corrected chi connectivity index (χ3v) is 9.26. The molecule has 2 heterocycles. The predicted octanol–water partition coefficient (Wildman–Crippen LogP) is 4.03. The van der Waals surface area contributed by atoms with Crippen LogP contribution in [-0.4, -0.2) is 52.8 Å². The Balaban J connectivity index is 1.38. The van der Waals surface area contributed by atoms with Crippen molar-refractivity contribution >= 4 is 27.0 Å². The molecule has 0 bridgehead atoms. The number of benzene rings is 1. The summed E-state index contributed by atoms with van der Waals surface area (Å²) in [7, 11) is -3.63. The molecule has 1 aliphatic heterocycles. The summed E-state index contributed by atoms with van der Waals surface area (Å²) in [4.78, 5) is 13.1. The van der Waals surface area contributed by atoms with Gasteiger partial charge in [0.15, 0.2) is 0 Å². The lowest BCUT2D eigenvalue weighted by atomic mass is 9.94. The molecule has 33 heavy (non-hydrogen) atoms. The van der Waals surface area contributed by atoms with E-state index in [1.165, 1.54) is 36.4 Å². The van der Waals surface area contributed by atoms with Crippen molar-refractivity contribution in [3.05, 3.63) is 18.2 Å². The van der Waals surface area contributed by atoms with E-state index in [-0.39, 0.29) is 28.8 Å². The molecule has 0 radical (unpaired) electrons. The van der Waals surface area contributed by atoms with E-state index < -0.39 is 10.0 Å². The molecule has 2 fully saturated rings. The highest BCUT2D eigenvalue weighted by atomic mass is 32.2. The Hall–Kier alpha value is -2.00. The van der Waals surface area contributed by atoms with Crippen LogP contribution in [0.4, 0.5) is 0 Å². The van der Waals surface area contributed by atoms with Gasteiger partial charge in [0.1, 0.15) is 5.52 Å². The highest BCUT2D eigenvalue weighted by Crippen LogP contribution is 2.27. The van der Waals surface area contributed by atoms with Crippen LogP contribution in [-0.2, 0) is 14.8 Å². The third-order valence-electron chi connectivity index (χ3n) is 7.36. The standard InChI is InChI=1S/C24H37N5O3S/c1-3-18(2)29-23-12-11-21(17-22(23)26-27-29)33(31,32)28-15-13-19(14-16-28)24(30)25-20-9-7-5-4-6-8-10-20/h11-12,17-20H,3-10,13-16H2,1-2H3,(H,25,30). The molecule has 1 saturated carbocycles. The lowest BCUT2D eigenvalue weighted by molar-refractivity contribution is -0.127. The van der Waals surface area contributed by atoms with Crippen molar-refractivity contribution < 1.29 is 13.2 Å². The monoisotopic (exact) mass is 475 g/mol. The molecule has 8 nitrogen and oxygen atoms in total. The van der Waals surface area contributed by atoms with Gasteiger partial charge in [-0.05, 0) is 57.2 Å². The summed E-state index contributed by atoms with van der Waals surface area (Å²) in [5.74, 6) is -0.0134. The molecule has 9 heteroatoms. The number of piperidine rings is 1. The lowest BCUT2D eigenvalue weighted by Crippen LogP contribution is -2.45. The number of hydrogen-bond acceptors (Lipinski definition) is 5. The molecule has 0 spiro atoms. The predicted molar refractivity (Wildman–Crippen MR) is 128 cm³/mol. The Labute approximate surface area is 197 Å². The number of hydrogen-bond donors (Lipinski definition) is 1. The van der Waals surface area contributed by atoms with Crippen molar-refractivity contribution in [3.63, 3.8) is 0 Å². The number of fused-ring (bicyclic) bond motifs is 1. The van der Waals surface area contributed by atoms with Crippen LogP contribution in [0.5, 0.6) is 0 Å². The molecule has 2 aromatic rings. The van der Waals surface area contributed by atoms with Gasteiger partial charge in [0, 0.05) is 25.0 Å². The maximum Gasteiger partial charge on any atom is 0.243 e. The van der Waals surface area contributed by atoms with Crippen molar-refractivity contribution in [2.24, 2.45) is 5.92 Å². The molecular formula is C24H37N5O3S. The minimum absolute atomic E-state index is 0.0979. The van der Waals surface area contributed by atoms with Crippen LogP contribution < -0.4 is 5.32 Å². The van der Waals surface area contributed by atoms with Gasteiger partial charge in [-0.15, -0.1) is 5.10 Å². The average molecular weight is 476 g/mol. The zero-order chi connectivity index (χ0) is 23.4. The van der Waals surface area contributed by atoms with Crippen LogP contribution in [0.1, 0.15) is 84.1 Å². The Bertz CT molecular complexity index is 1050. The first-order chi connectivity index (χ1) is 15.9. The summed E-state index contributed by atoms with van der Waals surface area (Å²) in [6.07, 6.45) is 10.3. The lowest BCUT2D eigenvalue weighted by Gasteiger charge is -2.31. The van der Waals surface area contributed by atoms with E-state index in [4.69, 9.17) is 0 Å². The first-order valence-electron chi connectivity index (χ1n) is 12.6. The van der Waals surface area contributed by atoms with Gasteiger partial charge in [-0.25, -0.2) is 13.1 Å². The largest absolute Gasteiger partial charge is 0.353 e. The quantitative estimate of drug-likeness (QED) is 0.680. The Morgan fingerprint density at radius 2 is 1.76 bits per heavy atom. The summed E-state index contributed by atoms with van der Waals surface area (Å²) in [5, 5.41) is 11.6. The fourth-order valence-corrected chi connectivity index (χ4v) is 6.50. The van der Waals surface area contributed by atoms with Crippen molar-refractivity contribution in [2.75, 3.05) is 13.1 Å².